The van der Waals surface area contributed by atoms with Crippen LogP contribution in [0.25, 0.3) is 0 Å². The zero-order chi connectivity index (χ0) is 9.31. The van der Waals surface area contributed by atoms with Crippen LogP contribution in [0.15, 0.2) is 23.4 Å². The molecule has 0 aromatic rings. The van der Waals surface area contributed by atoms with Gasteiger partial charge in [-0.2, -0.15) is 0 Å². The molecule has 0 spiro atoms. The first-order chi connectivity index (χ1) is 6.26. The molecular formula is C9H10ClNO2. The van der Waals surface area contributed by atoms with Crippen molar-refractivity contribution in [2.24, 2.45) is 0 Å². The number of rotatable bonds is 1. The largest absolute Gasteiger partial charge is 0.377 e. The summed E-state index contributed by atoms with van der Waals surface area (Å²) in [6.07, 6.45) is 5.20. The molecule has 0 aliphatic carbocycles. The summed E-state index contributed by atoms with van der Waals surface area (Å²) in [5.74, 6) is 0. The summed E-state index contributed by atoms with van der Waals surface area (Å²) in [7, 11) is 0. The summed E-state index contributed by atoms with van der Waals surface area (Å²) >= 11 is 6.06. The van der Waals surface area contributed by atoms with E-state index in [1.54, 1.807) is 6.20 Å². The predicted molar refractivity (Wildman–Crippen MR) is 49.4 cm³/mol. The molecule has 2 aliphatic heterocycles. The third-order valence-electron chi connectivity index (χ3n) is 2.33. The number of halogens is 1. The molecule has 0 amide bonds. The number of hydrogen-bond donors (Lipinski definition) is 1. The molecule has 2 heterocycles. The highest BCUT2D eigenvalue weighted by molar-refractivity contribution is 6.33. The molecule has 0 bridgehead atoms. The first-order valence-electron chi connectivity index (χ1n) is 4.16. The summed E-state index contributed by atoms with van der Waals surface area (Å²) in [6, 6.07) is 0. The first kappa shape index (κ1) is 8.78. The number of hydrogen-bond acceptors (Lipinski definition) is 3. The van der Waals surface area contributed by atoms with Gasteiger partial charge in [-0.05, 0) is 24.3 Å². The van der Waals surface area contributed by atoms with E-state index in [9.17, 15) is 4.79 Å². The van der Waals surface area contributed by atoms with Crippen molar-refractivity contribution in [3.8, 4) is 0 Å². The van der Waals surface area contributed by atoms with Crippen molar-refractivity contribution in [3.05, 3.63) is 23.4 Å². The van der Waals surface area contributed by atoms with Gasteiger partial charge in [-0.15, -0.1) is 0 Å². The number of dihydropyridines is 1. The minimum absolute atomic E-state index is 0.439. The fourth-order valence-electron chi connectivity index (χ4n) is 1.58. The highest BCUT2D eigenvalue weighted by atomic mass is 35.5. The van der Waals surface area contributed by atoms with Gasteiger partial charge < -0.3 is 10.1 Å². The lowest BCUT2D eigenvalue weighted by atomic mass is 9.95. The number of ether oxygens (including phenoxy) is 1. The lowest BCUT2D eigenvalue weighted by Gasteiger charge is -2.32. The zero-order valence-electron chi connectivity index (χ0n) is 7.05. The van der Waals surface area contributed by atoms with Crippen molar-refractivity contribution >= 4 is 17.9 Å². The van der Waals surface area contributed by atoms with Gasteiger partial charge in [0, 0.05) is 5.57 Å². The van der Waals surface area contributed by atoms with E-state index in [-0.39, 0.29) is 0 Å². The second kappa shape index (κ2) is 3.16. The molecule has 1 atom stereocenters. The monoisotopic (exact) mass is 199 g/mol. The molecule has 2 rings (SSSR count). The van der Waals surface area contributed by atoms with E-state index < -0.39 is 5.00 Å². The third-order valence-corrected chi connectivity index (χ3v) is 2.76. The van der Waals surface area contributed by atoms with Gasteiger partial charge in [0.05, 0.1) is 13.2 Å². The fourth-order valence-corrected chi connectivity index (χ4v) is 1.82. The van der Waals surface area contributed by atoms with Crippen molar-refractivity contribution in [2.75, 3.05) is 13.2 Å². The summed E-state index contributed by atoms with van der Waals surface area (Å²) in [5, 5.41) is 2.82. The molecule has 0 aromatic carbocycles. The van der Waals surface area contributed by atoms with E-state index in [0.29, 0.717) is 19.5 Å². The summed E-state index contributed by atoms with van der Waals surface area (Å²) in [4.78, 5) is 9.74. The molecule has 0 radical (unpaired) electrons. The molecule has 0 aromatic heterocycles. The van der Waals surface area contributed by atoms with Gasteiger partial charge in [-0.3, -0.25) is 4.79 Å². The van der Waals surface area contributed by atoms with Gasteiger partial charge in [0.1, 0.15) is 0 Å². The highest BCUT2D eigenvalue weighted by Crippen LogP contribution is 2.31. The highest BCUT2D eigenvalue weighted by Gasteiger charge is 2.35. The van der Waals surface area contributed by atoms with Crippen LogP contribution in [0.2, 0.25) is 0 Å². The van der Waals surface area contributed by atoms with Gasteiger partial charge in [0.25, 0.3) is 0 Å². The van der Waals surface area contributed by atoms with E-state index in [4.69, 9.17) is 16.3 Å². The van der Waals surface area contributed by atoms with Crippen LogP contribution in [-0.2, 0) is 9.53 Å². The Balaban J connectivity index is 2.40. The van der Waals surface area contributed by atoms with Crippen LogP contribution in [0.4, 0.5) is 0 Å². The molecule has 1 unspecified atom stereocenters. The topological polar surface area (TPSA) is 38.3 Å². The Morgan fingerprint density at radius 1 is 1.69 bits per heavy atom. The third kappa shape index (κ3) is 1.38. The molecule has 0 fully saturated rings. The van der Waals surface area contributed by atoms with E-state index in [0.717, 1.165) is 17.6 Å². The fraction of sp³-hybridized carbons (Fsp3) is 0.444. The number of alkyl halides is 1. The molecule has 13 heavy (non-hydrogen) atoms. The number of aldehydes is 1. The quantitative estimate of drug-likeness (QED) is 0.388. The number of nitrogens with one attached hydrogen (secondary N) is 1. The maximum absolute atomic E-state index is 10.8. The summed E-state index contributed by atoms with van der Waals surface area (Å²) in [6.45, 7) is 1.14. The molecule has 4 heteroatoms. The smallest absolute Gasteiger partial charge is 0.192 e. The van der Waals surface area contributed by atoms with Crippen LogP contribution >= 0.6 is 11.6 Å². The standard InChI is InChI=1S/C9H10ClNO2/c10-9(6-12)8-5-13-4-2-7(8)1-3-11-9/h1,3,6,11H,2,4-5H2. The van der Waals surface area contributed by atoms with Gasteiger partial charge in [0.2, 0.25) is 0 Å². The Bertz CT molecular complexity index is 298. The second-order valence-electron chi connectivity index (χ2n) is 3.11. The van der Waals surface area contributed by atoms with Crippen LogP contribution in [0.5, 0.6) is 0 Å². The Morgan fingerprint density at radius 3 is 3.31 bits per heavy atom. The minimum Gasteiger partial charge on any atom is -0.377 e. The first-order valence-corrected chi connectivity index (χ1v) is 4.54. The maximum atomic E-state index is 10.8. The zero-order valence-corrected chi connectivity index (χ0v) is 7.80. The van der Waals surface area contributed by atoms with Gasteiger partial charge in [-0.25, -0.2) is 0 Å². The van der Waals surface area contributed by atoms with Crippen LogP contribution < -0.4 is 5.32 Å². The van der Waals surface area contributed by atoms with Crippen LogP contribution in [0.3, 0.4) is 0 Å². The van der Waals surface area contributed by atoms with Crippen LogP contribution in [0, 0.1) is 0 Å². The van der Waals surface area contributed by atoms with Crippen molar-refractivity contribution in [3.63, 3.8) is 0 Å². The lowest BCUT2D eigenvalue weighted by molar-refractivity contribution is -0.110. The van der Waals surface area contributed by atoms with Crippen molar-refractivity contribution in [2.45, 2.75) is 11.4 Å². The molecule has 1 N–H and O–H groups in total. The van der Waals surface area contributed by atoms with E-state index in [1.165, 1.54) is 0 Å². The molecule has 2 aliphatic rings. The summed E-state index contributed by atoms with van der Waals surface area (Å²) in [5.41, 5.74) is 1.96. The lowest BCUT2D eigenvalue weighted by Crippen LogP contribution is -2.45. The van der Waals surface area contributed by atoms with E-state index in [2.05, 4.69) is 5.32 Å². The second-order valence-corrected chi connectivity index (χ2v) is 3.71. The molecule has 3 nitrogen and oxygen atoms in total. The normalized spacial score (nSPS) is 32.4. The SMILES string of the molecule is O=CC1(Cl)NC=CC2=C1COCC2. The minimum atomic E-state index is -1.08. The Labute approximate surface area is 81.4 Å². The van der Waals surface area contributed by atoms with Crippen molar-refractivity contribution in [1.82, 2.24) is 5.32 Å². The molecule has 0 saturated heterocycles. The molecular weight excluding hydrogens is 190 g/mol. The summed E-state index contributed by atoms with van der Waals surface area (Å²) < 4.78 is 5.26. The predicted octanol–water partition coefficient (Wildman–Crippen LogP) is 0.954. The average molecular weight is 200 g/mol. The Hall–Kier alpha value is -0.800. The van der Waals surface area contributed by atoms with Crippen LogP contribution in [0.1, 0.15) is 6.42 Å². The molecule has 70 valence electrons. The average Bonchev–Trinajstić information content (AvgIpc) is 2.19. The Morgan fingerprint density at radius 2 is 2.54 bits per heavy atom. The van der Waals surface area contributed by atoms with E-state index >= 15 is 0 Å². The maximum Gasteiger partial charge on any atom is 0.192 e. The van der Waals surface area contributed by atoms with Crippen molar-refractivity contribution < 1.29 is 9.53 Å². The van der Waals surface area contributed by atoms with E-state index in [1.807, 2.05) is 6.08 Å². The number of allylic oxidation sites excluding steroid dienone is 1. The molecule has 0 saturated carbocycles. The van der Waals surface area contributed by atoms with Crippen LogP contribution in [-0.4, -0.2) is 24.5 Å². The number of carbonyl (C=O) groups excluding carboxylic acids is 1. The Kier molecular flexibility index (Phi) is 2.14. The van der Waals surface area contributed by atoms with Gasteiger partial charge in [-0.1, -0.05) is 11.6 Å². The van der Waals surface area contributed by atoms with Crippen molar-refractivity contribution in [1.29, 1.82) is 0 Å². The van der Waals surface area contributed by atoms with Gasteiger partial charge >= 0.3 is 0 Å². The van der Waals surface area contributed by atoms with Gasteiger partial charge in [0.15, 0.2) is 11.3 Å². The number of carbonyl (C=O) groups is 1.